The number of esters is 2. The molecule has 1 aromatic carbocycles. The lowest BCUT2D eigenvalue weighted by molar-refractivity contribution is -0.161. The molecule has 8 heteroatoms. The third-order valence-corrected chi connectivity index (χ3v) is 3.97. The maximum atomic E-state index is 12.1. The number of nitrogens with zero attached hydrogens (tertiary/aromatic N) is 1. The minimum atomic E-state index is -0.822. The number of anilines is 1. The molecule has 3 rings (SSSR count). The van der Waals surface area contributed by atoms with Gasteiger partial charge in [0.2, 0.25) is 0 Å². The Morgan fingerprint density at radius 2 is 2.30 bits per heavy atom. The van der Waals surface area contributed by atoms with E-state index in [0.29, 0.717) is 17.5 Å². The lowest BCUT2D eigenvalue weighted by atomic mass is 10.2. The molecule has 1 aliphatic rings. The number of benzene rings is 1. The first-order valence-electron chi connectivity index (χ1n) is 7.39. The molecule has 2 heterocycles. The first kappa shape index (κ1) is 15.8. The summed E-state index contributed by atoms with van der Waals surface area (Å²) in [7, 11) is 0. The number of hydrogen-bond acceptors (Lipinski definition) is 8. The van der Waals surface area contributed by atoms with Gasteiger partial charge in [0, 0.05) is 5.75 Å². The van der Waals surface area contributed by atoms with Crippen LogP contribution in [0.4, 0.5) is 6.01 Å². The highest BCUT2D eigenvalue weighted by Crippen LogP contribution is 2.19. The van der Waals surface area contributed by atoms with Crippen molar-refractivity contribution in [3.63, 3.8) is 0 Å². The fraction of sp³-hybridized carbons (Fsp3) is 0.400. The lowest BCUT2D eigenvalue weighted by Gasteiger charge is -2.15. The molecule has 122 valence electrons. The number of nitrogens with one attached hydrogen (secondary N) is 2. The number of carbonyl (C=O) groups excluding carboxylic acids is 2. The zero-order chi connectivity index (χ0) is 16.2. The molecule has 0 spiro atoms. The molecular weight excluding hydrogens is 318 g/mol. The number of para-hydroxylation sites is 2. The molecule has 1 fully saturated rings. The summed E-state index contributed by atoms with van der Waals surface area (Å²) >= 11 is 4.12. The van der Waals surface area contributed by atoms with Crippen LogP contribution in [0, 0.1) is 0 Å². The molecule has 1 saturated heterocycles. The molecule has 2 atom stereocenters. The monoisotopic (exact) mass is 335 g/mol. The van der Waals surface area contributed by atoms with Crippen molar-refractivity contribution >= 4 is 41.7 Å². The van der Waals surface area contributed by atoms with Gasteiger partial charge in [-0.15, -0.1) is 0 Å². The molecule has 23 heavy (non-hydrogen) atoms. The van der Waals surface area contributed by atoms with Gasteiger partial charge in [0.15, 0.2) is 5.58 Å². The highest BCUT2D eigenvalue weighted by atomic mass is 32.1. The van der Waals surface area contributed by atoms with Crippen molar-refractivity contribution in [3.8, 4) is 0 Å². The van der Waals surface area contributed by atoms with E-state index in [1.807, 2.05) is 12.1 Å². The Morgan fingerprint density at radius 3 is 3.00 bits per heavy atom. The Hall–Kier alpha value is -2.06. The molecule has 1 aromatic heterocycles. The van der Waals surface area contributed by atoms with E-state index in [1.54, 1.807) is 12.1 Å². The van der Waals surface area contributed by atoms with Gasteiger partial charge < -0.3 is 19.8 Å². The van der Waals surface area contributed by atoms with Gasteiger partial charge in [-0.05, 0) is 31.5 Å². The van der Waals surface area contributed by atoms with Crippen LogP contribution >= 0.6 is 12.6 Å². The van der Waals surface area contributed by atoms with Crippen molar-refractivity contribution in [1.82, 2.24) is 10.3 Å². The largest absolute Gasteiger partial charge is 0.424 e. The molecule has 2 N–H and O–H groups in total. The highest BCUT2D eigenvalue weighted by molar-refractivity contribution is 7.80. The van der Waals surface area contributed by atoms with E-state index in [0.717, 1.165) is 13.0 Å². The average molecular weight is 335 g/mol. The van der Waals surface area contributed by atoms with Crippen LogP contribution in [0.15, 0.2) is 28.7 Å². The van der Waals surface area contributed by atoms with Gasteiger partial charge in [0.25, 0.3) is 6.01 Å². The van der Waals surface area contributed by atoms with Crippen LogP contribution < -0.4 is 10.6 Å². The summed E-state index contributed by atoms with van der Waals surface area (Å²) in [6, 6.07) is 6.19. The Kier molecular flexibility index (Phi) is 4.82. The smallest absolute Gasteiger partial charge is 0.337 e. The van der Waals surface area contributed by atoms with Gasteiger partial charge >= 0.3 is 11.9 Å². The number of rotatable bonds is 5. The lowest BCUT2D eigenvalue weighted by Crippen LogP contribution is -2.39. The van der Waals surface area contributed by atoms with Gasteiger partial charge in [-0.3, -0.25) is 0 Å². The van der Waals surface area contributed by atoms with Crippen molar-refractivity contribution in [2.75, 3.05) is 17.6 Å². The van der Waals surface area contributed by atoms with Crippen LogP contribution in [0.3, 0.4) is 0 Å². The van der Waals surface area contributed by atoms with E-state index < -0.39 is 24.0 Å². The van der Waals surface area contributed by atoms with Crippen LogP contribution in [-0.2, 0) is 14.3 Å². The molecule has 2 aromatic rings. The Labute approximate surface area is 138 Å². The van der Waals surface area contributed by atoms with Crippen molar-refractivity contribution in [3.05, 3.63) is 24.3 Å². The maximum Gasteiger partial charge on any atom is 0.337 e. The highest BCUT2D eigenvalue weighted by Gasteiger charge is 2.29. The zero-order valence-corrected chi connectivity index (χ0v) is 13.2. The van der Waals surface area contributed by atoms with E-state index in [1.165, 1.54) is 0 Å². The molecule has 0 aliphatic carbocycles. The summed E-state index contributed by atoms with van der Waals surface area (Å²) in [5.41, 5.74) is 1.28. The summed E-state index contributed by atoms with van der Waals surface area (Å²) in [6.45, 7) is 0.755. The van der Waals surface area contributed by atoms with Crippen LogP contribution in [0.2, 0.25) is 0 Å². The van der Waals surface area contributed by atoms with Crippen molar-refractivity contribution in [2.24, 2.45) is 0 Å². The third-order valence-electron chi connectivity index (χ3n) is 3.60. The topological polar surface area (TPSA) is 93.5 Å². The second-order valence-electron chi connectivity index (χ2n) is 5.26. The van der Waals surface area contributed by atoms with Gasteiger partial charge in [-0.2, -0.15) is 17.6 Å². The predicted octanol–water partition coefficient (Wildman–Crippen LogP) is 1.36. The summed E-state index contributed by atoms with van der Waals surface area (Å²) in [6.07, 6.45) is 1.57. The molecule has 0 amide bonds. The fourth-order valence-electron chi connectivity index (χ4n) is 2.39. The van der Waals surface area contributed by atoms with E-state index in [9.17, 15) is 9.59 Å². The first-order valence-corrected chi connectivity index (χ1v) is 8.02. The maximum absolute atomic E-state index is 12.1. The van der Waals surface area contributed by atoms with Gasteiger partial charge in [0.1, 0.15) is 17.6 Å². The van der Waals surface area contributed by atoms with Crippen LogP contribution in [0.1, 0.15) is 12.8 Å². The number of hydrogen-bond donors (Lipinski definition) is 3. The van der Waals surface area contributed by atoms with Crippen molar-refractivity contribution in [1.29, 1.82) is 0 Å². The standard InChI is InChI=1S/C15H17N3O4S/c19-13(10-5-3-7-16-10)22-14(20)11(8-23)18-15-17-9-4-1-2-6-12(9)21-15/h1-2,4,6,10-11,16,23H,3,5,7-8H2,(H,17,18)/t10-,11-/m0/s1. The van der Waals surface area contributed by atoms with Crippen LogP contribution in [0.25, 0.3) is 11.1 Å². The van der Waals surface area contributed by atoms with Gasteiger partial charge in [0.05, 0.1) is 0 Å². The number of aromatic nitrogens is 1. The number of ether oxygens (including phenoxy) is 1. The van der Waals surface area contributed by atoms with Crippen molar-refractivity contribution in [2.45, 2.75) is 24.9 Å². The van der Waals surface area contributed by atoms with E-state index in [2.05, 4.69) is 28.2 Å². The second kappa shape index (κ2) is 7.01. The molecule has 7 nitrogen and oxygen atoms in total. The molecule has 0 radical (unpaired) electrons. The molecule has 0 saturated carbocycles. The minimum absolute atomic E-state index is 0.142. The summed E-state index contributed by atoms with van der Waals surface area (Å²) in [4.78, 5) is 28.2. The Morgan fingerprint density at radius 1 is 1.48 bits per heavy atom. The fourth-order valence-corrected chi connectivity index (χ4v) is 2.63. The van der Waals surface area contributed by atoms with Gasteiger partial charge in [-0.25, -0.2) is 9.59 Å². The van der Waals surface area contributed by atoms with Gasteiger partial charge in [-0.1, -0.05) is 12.1 Å². The van der Waals surface area contributed by atoms with E-state index in [-0.39, 0.29) is 11.8 Å². The number of thiol groups is 1. The zero-order valence-electron chi connectivity index (χ0n) is 12.3. The molecule has 0 bridgehead atoms. The van der Waals surface area contributed by atoms with E-state index >= 15 is 0 Å². The average Bonchev–Trinajstić information content (AvgIpc) is 3.21. The summed E-state index contributed by atoms with van der Waals surface area (Å²) in [5.74, 6) is -1.11. The predicted molar refractivity (Wildman–Crippen MR) is 87.4 cm³/mol. The Bertz CT molecular complexity index is 679. The number of fused-ring (bicyclic) bond motifs is 1. The molecular formula is C15H17N3O4S. The number of oxazole rings is 1. The minimum Gasteiger partial charge on any atom is -0.424 e. The quantitative estimate of drug-likeness (QED) is 0.431. The Balaban J connectivity index is 1.64. The number of carbonyl (C=O) groups is 2. The molecule has 0 unspecified atom stereocenters. The normalized spacial score (nSPS) is 18.7. The first-order chi connectivity index (χ1) is 11.2. The van der Waals surface area contributed by atoms with Crippen LogP contribution in [0.5, 0.6) is 0 Å². The molecule has 1 aliphatic heterocycles. The third kappa shape index (κ3) is 3.65. The van der Waals surface area contributed by atoms with Crippen LogP contribution in [-0.4, -0.2) is 41.3 Å². The SMILES string of the molecule is O=C(OC(=O)[C@H](CS)Nc1nc2ccccc2o1)[C@@H]1CCCN1. The van der Waals surface area contributed by atoms with E-state index in [4.69, 9.17) is 9.15 Å². The van der Waals surface area contributed by atoms with Crippen molar-refractivity contribution < 1.29 is 18.7 Å². The summed E-state index contributed by atoms with van der Waals surface area (Å²) in [5, 5.41) is 5.80. The second-order valence-corrected chi connectivity index (χ2v) is 5.62. The summed E-state index contributed by atoms with van der Waals surface area (Å²) < 4.78 is 10.4.